The van der Waals surface area contributed by atoms with E-state index in [2.05, 4.69) is 15.3 Å². The highest BCUT2D eigenvalue weighted by atomic mass is 35.5. The van der Waals surface area contributed by atoms with Gasteiger partial charge in [0.1, 0.15) is 0 Å². The molecule has 4 N–H and O–H groups in total. The van der Waals surface area contributed by atoms with Crippen molar-refractivity contribution in [2.45, 2.75) is 11.6 Å². The third-order valence-corrected chi connectivity index (χ3v) is 3.57. The first kappa shape index (κ1) is 14.2. The van der Waals surface area contributed by atoms with Gasteiger partial charge < -0.3 is 16.0 Å². The molecule has 0 aliphatic rings. The summed E-state index contributed by atoms with van der Waals surface area (Å²) in [6.07, 6.45) is 0.447. The fraction of sp³-hybridized carbons (Fsp3) is 0.333. The number of thioether (sulfide) groups is 1. The number of imidazole rings is 1. The second kappa shape index (κ2) is 6.79. The fourth-order valence-corrected chi connectivity index (χ4v) is 2.57. The molecule has 0 atom stereocenters. The molecule has 0 saturated heterocycles. The summed E-state index contributed by atoms with van der Waals surface area (Å²) < 4.78 is 0. The molecule has 1 aromatic carbocycles. The van der Waals surface area contributed by atoms with Crippen LogP contribution >= 0.6 is 23.4 Å². The van der Waals surface area contributed by atoms with Crippen LogP contribution < -0.4 is 11.1 Å². The van der Waals surface area contributed by atoms with Gasteiger partial charge in [-0.2, -0.15) is 0 Å². The Bertz CT molecular complexity index is 572. The Hall–Kier alpha value is -1.24. The lowest BCUT2D eigenvalue weighted by Crippen LogP contribution is -2.29. The lowest BCUT2D eigenvalue weighted by Gasteiger charge is -2.01. The molecule has 19 heavy (non-hydrogen) atoms. The normalized spacial score (nSPS) is 10.8. The third kappa shape index (κ3) is 4.12. The van der Waals surface area contributed by atoms with Gasteiger partial charge >= 0.3 is 0 Å². The van der Waals surface area contributed by atoms with E-state index in [1.54, 1.807) is 6.07 Å². The number of nitrogens with one attached hydrogen (secondary N) is 2. The van der Waals surface area contributed by atoms with E-state index < -0.39 is 0 Å². The highest BCUT2D eigenvalue weighted by Crippen LogP contribution is 2.22. The van der Waals surface area contributed by atoms with Crippen LogP contribution in [0.5, 0.6) is 0 Å². The molecule has 102 valence electrons. The Balaban J connectivity index is 1.86. The number of halogens is 1. The number of hydrogen-bond acceptors (Lipinski definition) is 4. The van der Waals surface area contributed by atoms with Crippen LogP contribution in [0.1, 0.15) is 6.42 Å². The zero-order chi connectivity index (χ0) is 13.7. The molecule has 0 saturated carbocycles. The van der Waals surface area contributed by atoms with E-state index in [0.29, 0.717) is 30.3 Å². The number of hydrogen-bond donors (Lipinski definition) is 3. The topological polar surface area (TPSA) is 83.8 Å². The molecule has 0 radical (unpaired) electrons. The van der Waals surface area contributed by atoms with Crippen molar-refractivity contribution in [3.05, 3.63) is 23.2 Å². The number of rotatable bonds is 6. The minimum absolute atomic E-state index is 0.0112. The molecule has 0 aliphatic heterocycles. The Kier molecular flexibility index (Phi) is 5.07. The molecule has 1 heterocycles. The average Bonchev–Trinajstić information content (AvgIpc) is 2.78. The standard InChI is InChI=1S/C12H15ClN4OS/c13-8-1-2-9-10(7-8)17-12(16-9)19-6-3-11(18)15-5-4-14/h1-2,7H,3-6,14H2,(H,15,18)(H,16,17). The zero-order valence-corrected chi connectivity index (χ0v) is 11.9. The van der Waals surface area contributed by atoms with Crippen molar-refractivity contribution in [1.29, 1.82) is 0 Å². The summed E-state index contributed by atoms with van der Waals surface area (Å²) in [6.45, 7) is 0.982. The van der Waals surface area contributed by atoms with Gasteiger partial charge in [-0.3, -0.25) is 4.79 Å². The number of carbonyl (C=O) groups is 1. The maximum atomic E-state index is 11.4. The number of fused-ring (bicyclic) bond motifs is 1. The highest BCUT2D eigenvalue weighted by Gasteiger charge is 2.05. The summed E-state index contributed by atoms with van der Waals surface area (Å²) in [7, 11) is 0. The average molecular weight is 299 g/mol. The molecule has 5 nitrogen and oxygen atoms in total. The first-order valence-electron chi connectivity index (χ1n) is 5.94. The van der Waals surface area contributed by atoms with Crippen molar-refractivity contribution in [2.75, 3.05) is 18.8 Å². The van der Waals surface area contributed by atoms with Crippen molar-refractivity contribution < 1.29 is 4.79 Å². The lowest BCUT2D eigenvalue weighted by molar-refractivity contribution is -0.120. The Labute approximate surface area is 120 Å². The lowest BCUT2D eigenvalue weighted by atomic mass is 10.3. The first-order valence-corrected chi connectivity index (χ1v) is 7.30. The predicted octanol–water partition coefficient (Wildman–Crippen LogP) is 1.77. The second-order valence-corrected chi connectivity index (χ2v) is 5.46. The number of aromatic nitrogens is 2. The number of carbonyl (C=O) groups excluding carboxylic acids is 1. The molecule has 0 bridgehead atoms. The van der Waals surface area contributed by atoms with Crippen molar-refractivity contribution in [3.8, 4) is 0 Å². The monoisotopic (exact) mass is 298 g/mol. The zero-order valence-electron chi connectivity index (χ0n) is 10.3. The number of amides is 1. The van der Waals surface area contributed by atoms with Crippen LogP contribution in [0.3, 0.4) is 0 Å². The molecule has 7 heteroatoms. The summed E-state index contributed by atoms with van der Waals surface area (Å²) in [5.74, 6) is 0.682. The van der Waals surface area contributed by atoms with E-state index in [-0.39, 0.29) is 5.91 Å². The van der Waals surface area contributed by atoms with Crippen LogP contribution in [0.15, 0.2) is 23.4 Å². The van der Waals surface area contributed by atoms with E-state index >= 15 is 0 Å². The van der Waals surface area contributed by atoms with Crippen molar-refractivity contribution in [3.63, 3.8) is 0 Å². The van der Waals surface area contributed by atoms with Gasteiger partial charge in [0.15, 0.2) is 5.16 Å². The van der Waals surface area contributed by atoms with E-state index in [0.717, 1.165) is 16.2 Å². The van der Waals surface area contributed by atoms with E-state index in [1.807, 2.05) is 12.1 Å². The molecule has 2 aromatic rings. The van der Waals surface area contributed by atoms with Gasteiger partial charge in [-0.1, -0.05) is 23.4 Å². The number of benzene rings is 1. The molecular formula is C12H15ClN4OS. The number of nitrogens with two attached hydrogens (primary N) is 1. The third-order valence-electron chi connectivity index (χ3n) is 2.46. The van der Waals surface area contributed by atoms with Crippen LogP contribution in [-0.4, -0.2) is 34.7 Å². The van der Waals surface area contributed by atoms with Gasteiger partial charge in [-0.05, 0) is 18.2 Å². The van der Waals surface area contributed by atoms with Crippen LogP contribution in [0, 0.1) is 0 Å². The molecular weight excluding hydrogens is 284 g/mol. The Morgan fingerprint density at radius 3 is 3.16 bits per heavy atom. The fourth-order valence-electron chi connectivity index (χ4n) is 1.57. The summed E-state index contributed by atoms with van der Waals surface area (Å²) in [5.41, 5.74) is 7.09. The number of aromatic amines is 1. The molecule has 0 fully saturated rings. The summed E-state index contributed by atoms with van der Waals surface area (Å²) in [6, 6.07) is 5.51. The van der Waals surface area contributed by atoms with Crippen molar-refractivity contribution >= 4 is 40.3 Å². The van der Waals surface area contributed by atoms with Gasteiger partial charge in [0.05, 0.1) is 11.0 Å². The largest absolute Gasteiger partial charge is 0.355 e. The summed E-state index contributed by atoms with van der Waals surface area (Å²) in [5, 5.41) is 4.20. The smallest absolute Gasteiger partial charge is 0.220 e. The van der Waals surface area contributed by atoms with Crippen LogP contribution in [0.25, 0.3) is 11.0 Å². The Morgan fingerprint density at radius 2 is 2.37 bits per heavy atom. The van der Waals surface area contributed by atoms with E-state index in [1.165, 1.54) is 11.8 Å². The molecule has 2 rings (SSSR count). The quantitative estimate of drug-likeness (QED) is 0.710. The summed E-state index contributed by atoms with van der Waals surface area (Å²) in [4.78, 5) is 19.0. The van der Waals surface area contributed by atoms with Crippen LogP contribution in [0.4, 0.5) is 0 Å². The van der Waals surface area contributed by atoms with E-state index in [9.17, 15) is 4.79 Å². The molecule has 0 aliphatic carbocycles. The first-order chi connectivity index (χ1) is 9.19. The molecule has 0 unspecified atom stereocenters. The highest BCUT2D eigenvalue weighted by molar-refractivity contribution is 7.99. The summed E-state index contributed by atoms with van der Waals surface area (Å²) >= 11 is 7.42. The van der Waals surface area contributed by atoms with Gasteiger partial charge in [0, 0.05) is 30.3 Å². The van der Waals surface area contributed by atoms with Gasteiger partial charge in [0.25, 0.3) is 0 Å². The minimum Gasteiger partial charge on any atom is -0.355 e. The Morgan fingerprint density at radius 1 is 1.53 bits per heavy atom. The van der Waals surface area contributed by atoms with Crippen LogP contribution in [0.2, 0.25) is 5.02 Å². The minimum atomic E-state index is 0.0112. The molecule has 1 aromatic heterocycles. The number of nitrogens with zero attached hydrogens (tertiary/aromatic N) is 1. The maximum absolute atomic E-state index is 11.4. The molecule has 0 spiro atoms. The van der Waals surface area contributed by atoms with Crippen molar-refractivity contribution in [1.82, 2.24) is 15.3 Å². The van der Waals surface area contributed by atoms with Crippen LogP contribution in [-0.2, 0) is 4.79 Å². The maximum Gasteiger partial charge on any atom is 0.220 e. The SMILES string of the molecule is NCCNC(=O)CCSc1nc2ccc(Cl)cc2[nH]1. The van der Waals surface area contributed by atoms with Gasteiger partial charge in [0.2, 0.25) is 5.91 Å². The van der Waals surface area contributed by atoms with Gasteiger partial charge in [-0.15, -0.1) is 0 Å². The molecule has 1 amide bonds. The number of H-pyrrole nitrogens is 1. The van der Waals surface area contributed by atoms with Gasteiger partial charge in [-0.25, -0.2) is 4.98 Å². The van der Waals surface area contributed by atoms with Crippen molar-refractivity contribution in [2.24, 2.45) is 5.73 Å². The van der Waals surface area contributed by atoms with E-state index in [4.69, 9.17) is 17.3 Å². The predicted molar refractivity (Wildman–Crippen MR) is 78.5 cm³/mol. The second-order valence-electron chi connectivity index (χ2n) is 3.94.